The largest absolute Gasteiger partial charge is 0.452 e. The third-order valence-corrected chi connectivity index (χ3v) is 5.16. The summed E-state index contributed by atoms with van der Waals surface area (Å²) in [4.78, 5) is 25.8. The summed E-state index contributed by atoms with van der Waals surface area (Å²) in [5, 5.41) is 13.1. The van der Waals surface area contributed by atoms with Gasteiger partial charge in [0.25, 0.3) is 0 Å². The molecule has 1 aliphatic carbocycles. The molecule has 0 fully saturated rings. The first kappa shape index (κ1) is 17.4. The van der Waals surface area contributed by atoms with Crippen molar-refractivity contribution < 1.29 is 14.3 Å². The van der Waals surface area contributed by atoms with E-state index in [2.05, 4.69) is 20.8 Å². The van der Waals surface area contributed by atoms with Crippen LogP contribution < -0.4 is 15.5 Å². The maximum Gasteiger partial charge on any atom is 0.414 e. The summed E-state index contributed by atoms with van der Waals surface area (Å²) < 4.78 is 4.84. The molecule has 0 radical (unpaired) electrons. The number of carbonyl (C=O) groups excluding carboxylic acids is 2. The summed E-state index contributed by atoms with van der Waals surface area (Å²) in [6.07, 6.45) is 4.56. The molecule has 8 heteroatoms. The third kappa shape index (κ3) is 3.47. The van der Waals surface area contributed by atoms with Gasteiger partial charge in [-0.15, -0.1) is 0 Å². The van der Waals surface area contributed by atoms with Crippen LogP contribution in [0.1, 0.15) is 35.4 Å². The van der Waals surface area contributed by atoms with Crippen molar-refractivity contribution in [2.45, 2.75) is 38.6 Å². The zero-order valence-corrected chi connectivity index (χ0v) is 15.3. The number of urea groups is 1. The van der Waals surface area contributed by atoms with Crippen LogP contribution in [-0.2, 0) is 30.5 Å². The fourth-order valence-corrected chi connectivity index (χ4v) is 3.85. The molecule has 2 aliphatic rings. The summed E-state index contributed by atoms with van der Waals surface area (Å²) in [7, 11) is 1.38. The topological polar surface area (TPSA) is 99.3 Å². The Morgan fingerprint density at radius 2 is 2.15 bits per heavy atom. The zero-order valence-electron chi connectivity index (χ0n) is 15.3. The van der Waals surface area contributed by atoms with E-state index >= 15 is 0 Å². The molecule has 142 valence electrons. The van der Waals surface area contributed by atoms with Crippen LogP contribution in [0.15, 0.2) is 18.2 Å². The monoisotopic (exact) mass is 369 g/mol. The summed E-state index contributed by atoms with van der Waals surface area (Å²) >= 11 is 0. The van der Waals surface area contributed by atoms with Crippen molar-refractivity contribution in [1.82, 2.24) is 15.5 Å². The number of nitrogens with one attached hydrogen (secondary N) is 3. The average molecular weight is 369 g/mol. The Balaban J connectivity index is 1.39. The number of aromatic amines is 1. The molecule has 1 aromatic carbocycles. The molecule has 1 aliphatic heterocycles. The van der Waals surface area contributed by atoms with E-state index in [1.54, 1.807) is 11.0 Å². The first-order chi connectivity index (χ1) is 13.2. The lowest BCUT2D eigenvalue weighted by Crippen LogP contribution is -2.35. The number of H-pyrrole nitrogens is 1. The van der Waals surface area contributed by atoms with Crippen molar-refractivity contribution in [3.63, 3.8) is 0 Å². The highest BCUT2D eigenvalue weighted by Gasteiger charge is 2.23. The third-order valence-electron chi connectivity index (χ3n) is 5.16. The molecule has 2 aromatic rings. The van der Waals surface area contributed by atoms with E-state index in [-0.39, 0.29) is 12.1 Å². The normalized spacial score (nSPS) is 15.1. The molecule has 0 unspecified atom stereocenters. The lowest BCUT2D eigenvalue weighted by atomic mass is 10.0. The summed E-state index contributed by atoms with van der Waals surface area (Å²) in [5.41, 5.74) is 5.91. The number of fused-ring (bicyclic) bond motifs is 2. The Morgan fingerprint density at radius 1 is 1.26 bits per heavy atom. The van der Waals surface area contributed by atoms with Gasteiger partial charge in [-0.05, 0) is 61.4 Å². The molecule has 0 saturated heterocycles. The minimum absolute atomic E-state index is 0.273. The number of methoxy groups -OCH3 is 1. The van der Waals surface area contributed by atoms with Gasteiger partial charge < -0.3 is 15.4 Å². The summed E-state index contributed by atoms with van der Waals surface area (Å²) in [5.74, 6) is 0. The predicted molar refractivity (Wildman–Crippen MR) is 101 cm³/mol. The van der Waals surface area contributed by atoms with Gasteiger partial charge in [0.2, 0.25) is 0 Å². The molecule has 4 rings (SSSR count). The lowest BCUT2D eigenvalue weighted by Gasteiger charge is -2.28. The van der Waals surface area contributed by atoms with Crippen molar-refractivity contribution in [3.8, 4) is 0 Å². The van der Waals surface area contributed by atoms with Crippen molar-refractivity contribution in [1.29, 1.82) is 0 Å². The molecule has 0 spiro atoms. The van der Waals surface area contributed by atoms with Crippen LogP contribution >= 0.6 is 0 Å². The van der Waals surface area contributed by atoms with Crippen LogP contribution in [0.4, 0.5) is 21.0 Å². The predicted octanol–water partition coefficient (Wildman–Crippen LogP) is 2.74. The van der Waals surface area contributed by atoms with Gasteiger partial charge in [-0.25, -0.2) is 9.59 Å². The fraction of sp³-hybridized carbons (Fsp3) is 0.421. The molecule has 3 N–H and O–H groups in total. The Hall–Kier alpha value is -3.03. The second kappa shape index (κ2) is 7.30. The van der Waals surface area contributed by atoms with Gasteiger partial charge >= 0.3 is 12.1 Å². The van der Waals surface area contributed by atoms with Crippen molar-refractivity contribution in [2.24, 2.45) is 0 Å². The minimum atomic E-state index is -0.360. The van der Waals surface area contributed by atoms with Gasteiger partial charge in [0.15, 0.2) is 0 Å². The molecule has 27 heavy (non-hydrogen) atoms. The number of hydrogen-bond acceptors (Lipinski definition) is 4. The first-order valence-corrected chi connectivity index (χ1v) is 9.24. The molecule has 0 saturated carbocycles. The highest BCUT2D eigenvalue weighted by molar-refractivity contribution is 5.92. The number of amides is 3. The molecule has 0 atom stereocenters. The maximum absolute atomic E-state index is 12.3. The number of ether oxygens (including phenoxy) is 1. The highest BCUT2D eigenvalue weighted by atomic mass is 16.5. The van der Waals surface area contributed by atoms with Crippen LogP contribution in [0, 0.1) is 0 Å². The van der Waals surface area contributed by atoms with Crippen molar-refractivity contribution in [2.75, 3.05) is 23.9 Å². The molecular formula is C19H23N5O3. The number of aromatic nitrogens is 2. The van der Waals surface area contributed by atoms with Gasteiger partial charge in [-0.1, -0.05) is 0 Å². The van der Waals surface area contributed by atoms with E-state index in [0.717, 1.165) is 49.0 Å². The van der Waals surface area contributed by atoms with Gasteiger partial charge in [-0.3, -0.25) is 10.00 Å². The van der Waals surface area contributed by atoms with Gasteiger partial charge in [-0.2, -0.15) is 5.10 Å². The molecule has 3 amide bonds. The van der Waals surface area contributed by atoms with E-state index in [1.807, 2.05) is 12.1 Å². The second-order valence-corrected chi connectivity index (χ2v) is 6.86. The Morgan fingerprint density at radius 3 is 3.00 bits per heavy atom. The van der Waals surface area contributed by atoms with E-state index in [4.69, 9.17) is 4.74 Å². The number of aryl methyl sites for hydroxylation is 2. The van der Waals surface area contributed by atoms with Crippen LogP contribution in [0.2, 0.25) is 0 Å². The Bertz CT molecular complexity index is 876. The zero-order chi connectivity index (χ0) is 18.8. The SMILES string of the molecule is COC(=O)N1CCCc2cc(NC(=O)NCc3n[nH]c4c3CCC4)ccc21. The standard InChI is InChI=1S/C19H23N5O3/c1-27-19(26)24-9-3-4-12-10-13(7-8-17(12)24)21-18(25)20-11-16-14-5-2-6-15(14)22-23-16/h7-8,10H,2-6,9,11H2,1H3,(H,22,23)(H2,20,21,25). The van der Waals surface area contributed by atoms with E-state index < -0.39 is 0 Å². The van der Waals surface area contributed by atoms with Crippen molar-refractivity contribution in [3.05, 3.63) is 40.7 Å². The number of benzene rings is 1. The highest BCUT2D eigenvalue weighted by Crippen LogP contribution is 2.30. The smallest absolute Gasteiger partial charge is 0.414 e. The number of carbonyl (C=O) groups is 2. The maximum atomic E-state index is 12.3. The Kier molecular flexibility index (Phi) is 4.70. The van der Waals surface area contributed by atoms with E-state index in [1.165, 1.54) is 18.4 Å². The second-order valence-electron chi connectivity index (χ2n) is 6.86. The number of anilines is 2. The van der Waals surface area contributed by atoms with Crippen LogP contribution in [0.25, 0.3) is 0 Å². The number of rotatable bonds is 3. The van der Waals surface area contributed by atoms with Gasteiger partial charge in [0.1, 0.15) is 0 Å². The molecule has 2 heterocycles. The number of nitrogens with zero attached hydrogens (tertiary/aromatic N) is 2. The van der Waals surface area contributed by atoms with Crippen LogP contribution in [0.3, 0.4) is 0 Å². The van der Waals surface area contributed by atoms with E-state index in [9.17, 15) is 9.59 Å². The van der Waals surface area contributed by atoms with Gasteiger partial charge in [0.05, 0.1) is 25.0 Å². The van der Waals surface area contributed by atoms with Gasteiger partial charge in [0, 0.05) is 17.9 Å². The first-order valence-electron chi connectivity index (χ1n) is 9.24. The summed E-state index contributed by atoms with van der Waals surface area (Å²) in [6.45, 7) is 1.04. The van der Waals surface area contributed by atoms with E-state index in [0.29, 0.717) is 18.8 Å². The number of hydrogen-bond donors (Lipinski definition) is 3. The Labute approximate surface area is 157 Å². The van der Waals surface area contributed by atoms with Crippen molar-refractivity contribution >= 4 is 23.5 Å². The molecule has 1 aromatic heterocycles. The lowest BCUT2D eigenvalue weighted by molar-refractivity contribution is 0.178. The molecule has 0 bridgehead atoms. The summed E-state index contributed by atoms with van der Waals surface area (Å²) in [6, 6.07) is 5.29. The minimum Gasteiger partial charge on any atom is -0.452 e. The van der Waals surface area contributed by atoms with Crippen LogP contribution in [0.5, 0.6) is 0 Å². The van der Waals surface area contributed by atoms with Crippen LogP contribution in [-0.4, -0.2) is 36.0 Å². The molecular weight excluding hydrogens is 346 g/mol. The molecule has 8 nitrogen and oxygen atoms in total. The fourth-order valence-electron chi connectivity index (χ4n) is 3.85. The quantitative estimate of drug-likeness (QED) is 0.774. The average Bonchev–Trinajstić information content (AvgIpc) is 3.29.